The van der Waals surface area contributed by atoms with E-state index in [-0.39, 0.29) is 0 Å². The number of anilines is 1. The van der Waals surface area contributed by atoms with Crippen LogP contribution in [0.15, 0.2) is 6.07 Å². The van der Waals surface area contributed by atoms with Crippen LogP contribution in [0.3, 0.4) is 0 Å². The zero-order valence-electron chi connectivity index (χ0n) is 5.96. The third-order valence-corrected chi connectivity index (χ3v) is 1.69. The standard InChI is InChI=1S/C6H9N3S/c1-4-3-5(10)6(7)8-9(4)2/h3H,1-2H3,(H2,7,8). The molecule has 0 saturated carbocycles. The topological polar surface area (TPSA) is 43.8 Å². The fourth-order valence-corrected chi connectivity index (χ4v) is 0.858. The zero-order valence-corrected chi connectivity index (χ0v) is 6.77. The number of nitrogens with zero attached hydrogens (tertiary/aromatic N) is 2. The molecule has 0 aromatic carbocycles. The molecular weight excluding hydrogens is 146 g/mol. The maximum absolute atomic E-state index is 5.45. The van der Waals surface area contributed by atoms with Crippen LogP contribution in [0.2, 0.25) is 0 Å². The van der Waals surface area contributed by atoms with Gasteiger partial charge in [-0.05, 0) is 13.0 Å². The van der Waals surface area contributed by atoms with Crippen LogP contribution in [-0.2, 0) is 7.05 Å². The molecular formula is C6H9N3S. The summed E-state index contributed by atoms with van der Waals surface area (Å²) in [6.45, 7) is 1.93. The number of nitrogen functional groups attached to an aromatic ring is 1. The van der Waals surface area contributed by atoms with Gasteiger partial charge in [0.2, 0.25) is 0 Å². The first kappa shape index (κ1) is 7.21. The molecule has 0 unspecified atom stereocenters. The second-order valence-electron chi connectivity index (χ2n) is 2.16. The molecule has 0 fully saturated rings. The van der Waals surface area contributed by atoms with E-state index in [9.17, 15) is 0 Å². The van der Waals surface area contributed by atoms with E-state index in [0.717, 1.165) is 5.69 Å². The molecule has 0 amide bonds. The summed E-state index contributed by atoms with van der Waals surface area (Å²) in [5.74, 6) is 0.420. The van der Waals surface area contributed by atoms with Crippen molar-refractivity contribution in [2.45, 2.75) is 6.92 Å². The molecule has 4 heteroatoms. The van der Waals surface area contributed by atoms with Gasteiger partial charge < -0.3 is 5.73 Å². The first-order chi connectivity index (χ1) is 4.61. The fourth-order valence-electron chi connectivity index (χ4n) is 0.647. The van der Waals surface area contributed by atoms with Crippen molar-refractivity contribution in [3.05, 3.63) is 16.3 Å². The van der Waals surface area contributed by atoms with Gasteiger partial charge in [0.1, 0.15) is 0 Å². The second-order valence-corrected chi connectivity index (χ2v) is 2.60. The summed E-state index contributed by atoms with van der Waals surface area (Å²) < 4.78 is 2.32. The van der Waals surface area contributed by atoms with Gasteiger partial charge in [-0.1, -0.05) is 12.2 Å². The summed E-state index contributed by atoms with van der Waals surface area (Å²) in [5, 5.41) is 3.96. The third kappa shape index (κ3) is 1.16. The largest absolute Gasteiger partial charge is 0.381 e. The second kappa shape index (κ2) is 2.38. The van der Waals surface area contributed by atoms with E-state index >= 15 is 0 Å². The van der Waals surface area contributed by atoms with E-state index in [0.29, 0.717) is 10.3 Å². The highest BCUT2D eigenvalue weighted by molar-refractivity contribution is 7.71. The lowest BCUT2D eigenvalue weighted by molar-refractivity contribution is 0.713. The summed E-state index contributed by atoms with van der Waals surface area (Å²) in [6.07, 6.45) is 0. The molecule has 0 aliphatic heterocycles. The summed E-state index contributed by atoms with van der Waals surface area (Å²) in [4.78, 5) is 0. The van der Waals surface area contributed by atoms with Gasteiger partial charge in [0, 0.05) is 12.7 Å². The van der Waals surface area contributed by atoms with Gasteiger partial charge in [-0.3, -0.25) is 4.68 Å². The van der Waals surface area contributed by atoms with Crippen molar-refractivity contribution >= 4 is 18.0 Å². The average Bonchev–Trinajstić information content (AvgIpc) is 1.84. The highest BCUT2D eigenvalue weighted by atomic mass is 32.1. The van der Waals surface area contributed by atoms with Gasteiger partial charge in [-0.25, -0.2) is 0 Å². The minimum Gasteiger partial charge on any atom is -0.381 e. The Morgan fingerprint density at radius 3 is 2.80 bits per heavy atom. The van der Waals surface area contributed by atoms with Gasteiger partial charge in [-0.15, -0.1) is 0 Å². The Hall–Kier alpha value is -0.900. The van der Waals surface area contributed by atoms with Crippen LogP contribution in [0.5, 0.6) is 0 Å². The maximum Gasteiger partial charge on any atom is 0.162 e. The van der Waals surface area contributed by atoms with Crippen LogP contribution in [0.25, 0.3) is 0 Å². The van der Waals surface area contributed by atoms with E-state index in [1.807, 2.05) is 20.0 Å². The van der Waals surface area contributed by atoms with E-state index in [1.54, 1.807) is 4.68 Å². The summed E-state index contributed by atoms with van der Waals surface area (Å²) in [5.41, 5.74) is 6.47. The number of hydrogen-bond donors (Lipinski definition) is 1. The highest BCUT2D eigenvalue weighted by Gasteiger charge is 1.93. The van der Waals surface area contributed by atoms with Crippen LogP contribution >= 0.6 is 12.2 Å². The zero-order chi connectivity index (χ0) is 7.72. The minimum absolute atomic E-state index is 0.420. The normalized spacial score (nSPS) is 9.80. The molecule has 1 heterocycles. The lowest BCUT2D eigenvalue weighted by Gasteiger charge is -2.02. The molecule has 3 nitrogen and oxygen atoms in total. The molecule has 1 rings (SSSR count). The molecule has 0 radical (unpaired) electrons. The Kier molecular flexibility index (Phi) is 1.72. The molecule has 1 aromatic heterocycles. The van der Waals surface area contributed by atoms with Gasteiger partial charge in [-0.2, -0.15) is 5.10 Å². The van der Waals surface area contributed by atoms with E-state index in [4.69, 9.17) is 18.0 Å². The number of aryl methyl sites for hydroxylation is 2. The van der Waals surface area contributed by atoms with Gasteiger partial charge >= 0.3 is 0 Å². The quantitative estimate of drug-likeness (QED) is 0.569. The van der Waals surface area contributed by atoms with Crippen LogP contribution in [0.4, 0.5) is 5.82 Å². The highest BCUT2D eigenvalue weighted by Crippen LogP contribution is 2.02. The van der Waals surface area contributed by atoms with Crippen molar-refractivity contribution in [1.82, 2.24) is 9.78 Å². The van der Waals surface area contributed by atoms with Crippen molar-refractivity contribution in [3.63, 3.8) is 0 Å². The Bertz CT molecular complexity index is 302. The Morgan fingerprint density at radius 1 is 1.70 bits per heavy atom. The maximum atomic E-state index is 5.45. The summed E-state index contributed by atoms with van der Waals surface area (Å²) in [6, 6.07) is 1.83. The molecule has 0 aliphatic carbocycles. The molecule has 0 atom stereocenters. The van der Waals surface area contributed by atoms with Crippen LogP contribution < -0.4 is 5.73 Å². The smallest absolute Gasteiger partial charge is 0.162 e. The number of nitrogens with two attached hydrogens (primary N) is 1. The van der Waals surface area contributed by atoms with Crippen molar-refractivity contribution in [3.8, 4) is 0 Å². The molecule has 2 N–H and O–H groups in total. The first-order valence-electron chi connectivity index (χ1n) is 2.91. The van der Waals surface area contributed by atoms with E-state index in [2.05, 4.69) is 5.10 Å². The monoisotopic (exact) mass is 155 g/mol. The molecule has 0 saturated heterocycles. The molecule has 1 aromatic rings. The number of aromatic nitrogens is 2. The lowest BCUT2D eigenvalue weighted by atomic mass is 10.4. The fraction of sp³-hybridized carbons (Fsp3) is 0.333. The van der Waals surface area contributed by atoms with Gasteiger partial charge in [0.15, 0.2) is 5.82 Å². The number of rotatable bonds is 0. The average molecular weight is 155 g/mol. The predicted octanol–water partition coefficient (Wildman–Crippen LogP) is 1.04. The van der Waals surface area contributed by atoms with Crippen molar-refractivity contribution in [1.29, 1.82) is 0 Å². The van der Waals surface area contributed by atoms with Crippen molar-refractivity contribution in [2.24, 2.45) is 7.05 Å². The van der Waals surface area contributed by atoms with Gasteiger partial charge in [0.05, 0.1) is 4.51 Å². The van der Waals surface area contributed by atoms with Crippen LogP contribution in [0.1, 0.15) is 5.69 Å². The molecule has 54 valence electrons. The Labute approximate surface area is 64.5 Å². The SMILES string of the molecule is Cc1cc(=S)c(N)nn1C. The lowest BCUT2D eigenvalue weighted by Crippen LogP contribution is -2.05. The van der Waals surface area contributed by atoms with Gasteiger partial charge in [0.25, 0.3) is 0 Å². The van der Waals surface area contributed by atoms with Crippen molar-refractivity contribution in [2.75, 3.05) is 5.73 Å². The molecule has 0 aliphatic rings. The third-order valence-electron chi connectivity index (χ3n) is 1.36. The summed E-state index contributed by atoms with van der Waals surface area (Å²) in [7, 11) is 1.83. The summed E-state index contributed by atoms with van der Waals surface area (Å²) >= 11 is 4.90. The van der Waals surface area contributed by atoms with Crippen molar-refractivity contribution < 1.29 is 0 Å². The Morgan fingerprint density at radius 2 is 2.30 bits per heavy atom. The Balaban J connectivity index is 3.43. The molecule has 10 heavy (non-hydrogen) atoms. The van der Waals surface area contributed by atoms with Crippen LogP contribution in [0, 0.1) is 11.4 Å². The first-order valence-corrected chi connectivity index (χ1v) is 3.32. The number of hydrogen-bond acceptors (Lipinski definition) is 3. The molecule has 0 spiro atoms. The van der Waals surface area contributed by atoms with Crippen LogP contribution in [-0.4, -0.2) is 9.78 Å². The molecule has 0 bridgehead atoms. The predicted molar refractivity (Wildman–Crippen MR) is 43.2 cm³/mol. The minimum atomic E-state index is 0.420. The van der Waals surface area contributed by atoms with E-state index in [1.165, 1.54) is 0 Å². The van der Waals surface area contributed by atoms with E-state index < -0.39 is 0 Å².